The monoisotopic (exact) mass is 547 g/mol. The average Bonchev–Trinajstić information content (AvgIpc) is 3.15. The summed E-state index contributed by atoms with van der Waals surface area (Å²) in [6, 6.07) is 17.1. The largest absolute Gasteiger partial charge is 0.507 e. The van der Waals surface area contributed by atoms with Crippen LogP contribution in [0.4, 0.5) is 5.69 Å². The maximum Gasteiger partial charge on any atom is 0.300 e. The van der Waals surface area contributed by atoms with Crippen molar-refractivity contribution < 1.29 is 24.2 Å². The van der Waals surface area contributed by atoms with Crippen molar-refractivity contribution in [2.45, 2.75) is 53.0 Å². The van der Waals surface area contributed by atoms with Crippen LogP contribution in [0.5, 0.6) is 11.5 Å². The summed E-state index contributed by atoms with van der Waals surface area (Å²) in [6.45, 7) is 12.7. The van der Waals surface area contributed by atoms with Crippen LogP contribution in [-0.2, 0) is 15.0 Å². The molecular formula is C32H34ClNO5. The Labute approximate surface area is 234 Å². The van der Waals surface area contributed by atoms with E-state index in [0.717, 1.165) is 11.1 Å². The minimum Gasteiger partial charge on any atom is -0.507 e. The summed E-state index contributed by atoms with van der Waals surface area (Å²) >= 11 is 6.32. The number of aliphatic hydroxyl groups is 1. The van der Waals surface area contributed by atoms with E-state index in [0.29, 0.717) is 46.5 Å². The maximum absolute atomic E-state index is 13.6. The summed E-state index contributed by atoms with van der Waals surface area (Å²) in [5, 5.41) is 12.1. The van der Waals surface area contributed by atoms with Gasteiger partial charge in [0.05, 0.1) is 30.4 Å². The van der Waals surface area contributed by atoms with Gasteiger partial charge in [0.2, 0.25) is 0 Å². The lowest BCUT2D eigenvalue weighted by molar-refractivity contribution is -0.132. The molecule has 1 atom stereocenters. The number of aliphatic hydroxyl groups excluding tert-OH is 1. The Morgan fingerprint density at radius 2 is 1.62 bits per heavy atom. The number of benzene rings is 3. The molecule has 39 heavy (non-hydrogen) atoms. The van der Waals surface area contributed by atoms with Crippen molar-refractivity contribution in [2.75, 3.05) is 18.1 Å². The number of ether oxygens (including phenoxy) is 2. The number of hydrogen-bond donors (Lipinski definition) is 1. The summed E-state index contributed by atoms with van der Waals surface area (Å²) in [7, 11) is 0. The van der Waals surface area contributed by atoms with Gasteiger partial charge in [-0.25, -0.2) is 0 Å². The van der Waals surface area contributed by atoms with Crippen LogP contribution in [0.15, 0.2) is 66.2 Å². The number of anilines is 1. The number of Topliss-reactive ketones (excluding diaryl/α,β-unsaturated/α-hetero) is 1. The van der Waals surface area contributed by atoms with Crippen LogP contribution in [0.25, 0.3) is 5.76 Å². The van der Waals surface area contributed by atoms with Gasteiger partial charge in [0.15, 0.2) is 0 Å². The highest BCUT2D eigenvalue weighted by atomic mass is 35.5. The number of amides is 1. The van der Waals surface area contributed by atoms with Crippen molar-refractivity contribution in [2.24, 2.45) is 0 Å². The molecule has 1 aliphatic heterocycles. The fourth-order valence-electron chi connectivity index (χ4n) is 4.78. The van der Waals surface area contributed by atoms with Crippen LogP contribution < -0.4 is 14.4 Å². The quantitative estimate of drug-likeness (QED) is 0.190. The zero-order chi connectivity index (χ0) is 28.5. The van der Waals surface area contributed by atoms with E-state index in [2.05, 4.69) is 20.8 Å². The van der Waals surface area contributed by atoms with Gasteiger partial charge in [-0.3, -0.25) is 14.5 Å². The van der Waals surface area contributed by atoms with Crippen LogP contribution >= 0.6 is 11.6 Å². The Morgan fingerprint density at radius 3 is 2.23 bits per heavy atom. The molecule has 6 nitrogen and oxygen atoms in total. The fraction of sp³-hybridized carbons (Fsp3) is 0.312. The number of carbonyl (C=O) groups excluding carboxylic acids is 2. The highest BCUT2D eigenvalue weighted by Crippen LogP contribution is 2.45. The normalized spacial score (nSPS) is 17.0. The number of nitrogens with zero attached hydrogens (tertiary/aromatic N) is 1. The van der Waals surface area contributed by atoms with Gasteiger partial charge in [-0.15, -0.1) is 0 Å². The minimum absolute atomic E-state index is 0.0204. The summed E-state index contributed by atoms with van der Waals surface area (Å²) < 4.78 is 11.4. The Hall–Kier alpha value is -3.77. The molecule has 1 amide bonds. The van der Waals surface area contributed by atoms with E-state index >= 15 is 0 Å². The third kappa shape index (κ3) is 5.52. The van der Waals surface area contributed by atoms with Gasteiger partial charge in [-0.2, -0.15) is 0 Å². The summed E-state index contributed by atoms with van der Waals surface area (Å²) in [6.07, 6.45) is 0. The smallest absolute Gasteiger partial charge is 0.300 e. The maximum atomic E-state index is 13.6. The van der Waals surface area contributed by atoms with Crippen LogP contribution in [0, 0.1) is 6.92 Å². The SMILES string of the molecule is CCOc1ccc(/C(O)=C2/C(=O)C(=O)N(c3cc(Cl)ccc3C)C2c2ccc(C(C)(C)C)cc2)c(OCC)c1. The van der Waals surface area contributed by atoms with Gasteiger partial charge in [0, 0.05) is 16.8 Å². The standard InChI is InChI=1S/C32H34ClNO5/c1-7-38-23-15-16-24(26(18-23)39-8-2)29(35)27-28(20-10-12-21(13-11-20)32(4,5)6)34(31(37)30(27)36)25-17-22(33)14-9-19(25)3/h9-18,28,35H,7-8H2,1-6H3/b29-27-. The van der Waals surface area contributed by atoms with Gasteiger partial charge in [0.1, 0.15) is 17.3 Å². The van der Waals surface area contributed by atoms with E-state index in [-0.39, 0.29) is 16.7 Å². The second-order valence-electron chi connectivity index (χ2n) is 10.5. The van der Waals surface area contributed by atoms with E-state index in [9.17, 15) is 14.7 Å². The van der Waals surface area contributed by atoms with Crippen LogP contribution in [-0.4, -0.2) is 30.0 Å². The molecular weight excluding hydrogens is 514 g/mol. The van der Waals surface area contributed by atoms with Crippen molar-refractivity contribution in [3.05, 3.63) is 93.5 Å². The molecule has 3 aromatic carbocycles. The number of hydrogen-bond acceptors (Lipinski definition) is 5. The number of halogens is 1. The van der Waals surface area contributed by atoms with E-state index in [1.807, 2.05) is 45.0 Å². The second-order valence-corrected chi connectivity index (χ2v) is 10.9. The molecule has 0 aromatic heterocycles. The molecule has 0 bridgehead atoms. The van der Waals surface area contributed by atoms with E-state index in [1.165, 1.54) is 4.90 Å². The molecule has 0 radical (unpaired) electrons. The van der Waals surface area contributed by atoms with Crippen molar-refractivity contribution in [1.82, 2.24) is 0 Å². The Balaban J connectivity index is 1.97. The first-order valence-electron chi connectivity index (χ1n) is 13.1. The predicted octanol–water partition coefficient (Wildman–Crippen LogP) is 7.37. The molecule has 1 aliphatic rings. The molecule has 1 saturated heterocycles. The zero-order valence-corrected chi connectivity index (χ0v) is 23.9. The lowest BCUT2D eigenvalue weighted by Crippen LogP contribution is -2.30. The lowest BCUT2D eigenvalue weighted by atomic mass is 9.85. The number of aryl methyl sites for hydroxylation is 1. The van der Waals surface area contributed by atoms with Crippen molar-refractivity contribution >= 4 is 34.7 Å². The molecule has 204 valence electrons. The number of ketones is 1. The van der Waals surface area contributed by atoms with Crippen LogP contribution in [0.3, 0.4) is 0 Å². The fourth-order valence-corrected chi connectivity index (χ4v) is 4.94. The lowest BCUT2D eigenvalue weighted by Gasteiger charge is -2.28. The minimum atomic E-state index is -0.878. The average molecular weight is 548 g/mol. The van der Waals surface area contributed by atoms with Crippen LogP contribution in [0.2, 0.25) is 5.02 Å². The first-order chi connectivity index (χ1) is 18.5. The Kier molecular flexibility index (Phi) is 8.07. The highest BCUT2D eigenvalue weighted by Gasteiger charge is 2.47. The van der Waals surface area contributed by atoms with Gasteiger partial charge in [-0.1, -0.05) is 62.7 Å². The number of carbonyl (C=O) groups is 2. The third-order valence-corrected chi connectivity index (χ3v) is 7.02. The van der Waals surface area contributed by atoms with Gasteiger partial charge < -0.3 is 14.6 Å². The number of rotatable bonds is 7. The summed E-state index contributed by atoms with van der Waals surface area (Å²) in [4.78, 5) is 28.7. The molecule has 1 fully saturated rings. The van der Waals surface area contributed by atoms with Crippen molar-refractivity contribution in [3.8, 4) is 11.5 Å². The molecule has 4 rings (SSSR count). The highest BCUT2D eigenvalue weighted by molar-refractivity contribution is 6.52. The molecule has 1 N–H and O–H groups in total. The molecule has 0 saturated carbocycles. The first-order valence-corrected chi connectivity index (χ1v) is 13.4. The second kappa shape index (κ2) is 11.1. The predicted molar refractivity (Wildman–Crippen MR) is 155 cm³/mol. The first kappa shape index (κ1) is 28.2. The van der Waals surface area contributed by atoms with Gasteiger partial charge >= 0.3 is 0 Å². The summed E-state index contributed by atoms with van der Waals surface area (Å²) in [5.74, 6) is -0.912. The third-order valence-electron chi connectivity index (χ3n) is 6.79. The molecule has 0 spiro atoms. The zero-order valence-electron chi connectivity index (χ0n) is 23.2. The molecule has 0 aliphatic carbocycles. The summed E-state index contributed by atoms with van der Waals surface area (Å²) in [5.41, 5.74) is 3.27. The molecule has 1 unspecified atom stereocenters. The van der Waals surface area contributed by atoms with E-state index in [4.69, 9.17) is 21.1 Å². The molecule has 1 heterocycles. The van der Waals surface area contributed by atoms with Gasteiger partial charge in [0.25, 0.3) is 11.7 Å². The Morgan fingerprint density at radius 1 is 0.949 bits per heavy atom. The Bertz CT molecular complexity index is 1440. The molecule has 3 aromatic rings. The topological polar surface area (TPSA) is 76.1 Å². The van der Waals surface area contributed by atoms with Gasteiger partial charge in [-0.05, 0) is 67.1 Å². The van der Waals surface area contributed by atoms with E-state index in [1.54, 1.807) is 36.4 Å². The molecule has 7 heteroatoms. The van der Waals surface area contributed by atoms with Crippen molar-refractivity contribution in [1.29, 1.82) is 0 Å². The van der Waals surface area contributed by atoms with E-state index < -0.39 is 17.7 Å². The van der Waals surface area contributed by atoms with Crippen molar-refractivity contribution in [3.63, 3.8) is 0 Å². The van der Waals surface area contributed by atoms with Crippen LogP contribution in [0.1, 0.15) is 62.9 Å².